The predicted molar refractivity (Wildman–Crippen MR) is 147 cm³/mol. The Bertz CT molecular complexity index is 1300. The molecule has 1 aliphatic carbocycles. The van der Waals surface area contributed by atoms with Crippen LogP contribution in [0.5, 0.6) is 0 Å². The minimum Gasteiger partial charge on any atom is -0.445 e. The summed E-state index contributed by atoms with van der Waals surface area (Å²) in [6.07, 6.45) is 6.16. The van der Waals surface area contributed by atoms with Crippen molar-refractivity contribution in [2.75, 3.05) is 6.54 Å². The lowest BCUT2D eigenvalue weighted by molar-refractivity contribution is -0.117. The van der Waals surface area contributed by atoms with Crippen LogP contribution in [0.3, 0.4) is 0 Å². The zero-order valence-corrected chi connectivity index (χ0v) is 22.1. The molecule has 5 rings (SSSR count). The molecule has 1 saturated carbocycles. The Balaban J connectivity index is 1.44. The van der Waals surface area contributed by atoms with Gasteiger partial charge in [0.25, 0.3) is 0 Å². The second-order valence-corrected chi connectivity index (χ2v) is 10.3. The smallest absolute Gasteiger partial charge is 0.410 e. The lowest BCUT2D eigenvalue weighted by Gasteiger charge is -2.25. The Morgan fingerprint density at radius 1 is 0.973 bits per heavy atom. The van der Waals surface area contributed by atoms with Crippen molar-refractivity contribution in [3.05, 3.63) is 94.8 Å². The van der Waals surface area contributed by atoms with Crippen LogP contribution in [0.4, 0.5) is 4.79 Å². The van der Waals surface area contributed by atoms with E-state index in [-0.39, 0.29) is 12.4 Å². The van der Waals surface area contributed by atoms with Gasteiger partial charge < -0.3 is 9.30 Å². The molecule has 2 fully saturated rings. The van der Waals surface area contributed by atoms with Gasteiger partial charge in [-0.05, 0) is 92.8 Å². The Labute approximate surface area is 219 Å². The third-order valence-electron chi connectivity index (χ3n) is 7.54. The summed E-state index contributed by atoms with van der Waals surface area (Å²) in [6, 6.07) is 20.0. The van der Waals surface area contributed by atoms with Crippen LogP contribution in [-0.4, -0.2) is 33.9 Å². The highest BCUT2D eigenvalue weighted by atomic mass is 16.6. The van der Waals surface area contributed by atoms with E-state index in [1.54, 1.807) is 4.90 Å². The molecule has 3 aromatic rings. The van der Waals surface area contributed by atoms with Gasteiger partial charge in [-0.2, -0.15) is 0 Å². The molecule has 2 aromatic carbocycles. The number of hydrogen-bond acceptors (Lipinski definition) is 3. The van der Waals surface area contributed by atoms with Gasteiger partial charge in [0.1, 0.15) is 6.61 Å². The van der Waals surface area contributed by atoms with Crippen LogP contribution in [0, 0.1) is 13.8 Å². The third kappa shape index (κ3) is 5.27. The van der Waals surface area contributed by atoms with Crippen molar-refractivity contribution in [2.45, 2.75) is 71.4 Å². The van der Waals surface area contributed by atoms with E-state index >= 15 is 0 Å². The Kier molecular flexibility index (Phi) is 7.31. The van der Waals surface area contributed by atoms with Crippen LogP contribution in [-0.2, 0) is 16.1 Å². The minimum atomic E-state index is -0.494. The maximum Gasteiger partial charge on any atom is 0.410 e. The molecule has 0 bridgehead atoms. The number of ether oxygens (including phenoxy) is 1. The van der Waals surface area contributed by atoms with Gasteiger partial charge >= 0.3 is 6.09 Å². The van der Waals surface area contributed by atoms with Crippen LogP contribution < -0.4 is 0 Å². The summed E-state index contributed by atoms with van der Waals surface area (Å²) in [5, 5.41) is 0. The molecule has 1 unspecified atom stereocenters. The van der Waals surface area contributed by atoms with Crippen molar-refractivity contribution in [1.82, 2.24) is 9.47 Å². The topological polar surface area (TPSA) is 51.5 Å². The largest absolute Gasteiger partial charge is 0.445 e. The third-order valence-corrected chi connectivity index (χ3v) is 7.54. The van der Waals surface area contributed by atoms with Crippen LogP contribution in [0.15, 0.2) is 66.7 Å². The number of likely N-dealkylation sites (tertiary alicyclic amines) is 1. The molecular weight excluding hydrogens is 460 g/mol. The minimum absolute atomic E-state index is 0.0241. The van der Waals surface area contributed by atoms with E-state index in [2.05, 4.69) is 61.7 Å². The SMILES string of the molecule is CC/C=C(/C(=O)C1CCCN1C(=O)OCc1ccccc1)c1cc(-n2c(C)ccc2C)ccc1C1CC1. The maximum atomic E-state index is 14.1. The molecule has 0 spiro atoms. The highest BCUT2D eigenvalue weighted by Gasteiger charge is 2.38. The van der Waals surface area contributed by atoms with Crippen molar-refractivity contribution in [1.29, 1.82) is 0 Å². The molecule has 1 saturated heterocycles. The number of nitrogens with zero attached hydrogens (tertiary/aromatic N) is 2. The summed E-state index contributed by atoms with van der Waals surface area (Å²) >= 11 is 0. The molecule has 1 aromatic heterocycles. The van der Waals surface area contributed by atoms with E-state index in [1.807, 2.05) is 30.3 Å². The summed E-state index contributed by atoms with van der Waals surface area (Å²) < 4.78 is 7.85. The van der Waals surface area contributed by atoms with Crippen LogP contribution in [0.1, 0.15) is 73.0 Å². The van der Waals surface area contributed by atoms with Gasteiger partial charge in [-0.1, -0.05) is 49.4 Å². The molecule has 1 amide bonds. The van der Waals surface area contributed by atoms with Crippen LogP contribution >= 0.6 is 0 Å². The molecule has 5 heteroatoms. The number of aromatic nitrogens is 1. The van der Waals surface area contributed by atoms with E-state index in [0.717, 1.165) is 59.5 Å². The number of aryl methyl sites for hydroxylation is 2. The first-order valence-electron chi connectivity index (χ1n) is 13.5. The zero-order chi connectivity index (χ0) is 25.9. The second kappa shape index (κ2) is 10.8. The van der Waals surface area contributed by atoms with Gasteiger partial charge in [0.15, 0.2) is 5.78 Å². The summed E-state index contributed by atoms with van der Waals surface area (Å²) in [6.45, 7) is 7.02. The Hall–Kier alpha value is -3.60. The van der Waals surface area contributed by atoms with E-state index in [4.69, 9.17) is 4.74 Å². The van der Waals surface area contributed by atoms with Gasteiger partial charge in [0, 0.05) is 29.2 Å². The lowest BCUT2D eigenvalue weighted by Crippen LogP contribution is -2.41. The van der Waals surface area contributed by atoms with Crippen molar-refractivity contribution >= 4 is 17.4 Å². The monoisotopic (exact) mass is 496 g/mol. The average Bonchev–Trinajstić information content (AvgIpc) is 3.54. The van der Waals surface area contributed by atoms with E-state index < -0.39 is 12.1 Å². The molecule has 192 valence electrons. The van der Waals surface area contributed by atoms with Gasteiger partial charge in [0.05, 0.1) is 6.04 Å². The molecule has 1 atom stereocenters. The number of ketones is 1. The maximum absolute atomic E-state index is 14.1. The molecule has 5 nitrogen and oxygen atoms in total. The van der Waals surface area contributed by atoms with Crippen molar-refractivity contribution in [3.8, 4) is 5.69 Å². The average molecular weight is 497 g/mol. The van der Waals surface area contributed by atoms with Crippen LogP contribution in [0.25, 0.3) is 11.3 Å². The fraction of sp³-hybridized carbons (Fsp3) is 0.375. The molecule has 1 aliphatic heterocycles. The normalized spacial score (nSPS) is 17.8. The number of rotatable bonds is 8. The number of amides is 1. The number of Topliss-reactive ketones (excluding diaryl/α,β-unsaturated/α-hetero) is 1. The van der Waals surface area contributed by atoms with Gasteiger partial charge in [0.2, 0.25) is 0 Å². The summed E-state index contributed by atoms with van der Waals surface area (Å²) in [7, 11) is 0. The van der Waals surface area contributed by atoms with Crippen molar-refractivity contribution in [2.24, 2.45) is 0 Å². The van der Waals surface area contributed by atoms with Gasteiger partial charge in [-0.25, -0.2) is 4.79 Å². The predicted octanol–water partition coefficient (Wildman–Crippen LogP) is 7.14. The summed E-state index contributed by atoms with van der Waals surface area (Å²) in [5.41, 5.74) is 7.34. The quantitative estimate of drug-likeness (QED) is 0.312. The summed E-state index contributed by atoms with van der Waals surface area (Å²) in [5.74, 6) is 0.524. The van der Waals surface area contributed by atoms with Crippen LogP contribution in [0.2, 0.25) is 0 Å². The Morgan fingerprint density at radius 2 is 1.70 bits per heavy atom. The van der Waals surface area contributed by atoms with E-state index in [0.29, 0.717) is 18.9 Å². The molecule has 2 aliphatic rings. The highest BCUT2D eigenvalue weighted by molar-refractivity contribution is 6.24. The summed E-state index contributed by atoms with van der Waals surface area (Å²) in [4.78, 5) is 28.8. The molecule has 0 radical (unpaired) electrons. The molecule has 0 N–H and O–H groups in total. The standard InChI is InChI=1S/C32H36N2O3/c1-4-9-28(29-20-26(17-18-27(29)25-15-16-25)34-22(2)13-14-23(34)3)31(35)30-12-8-19-33(30)32(36)37-21-24-10-6-5-7-11-24/h5-7,9-11,13-14,17-18,20,25,30H,4,8,12,15-16,19,21H2,1-3H3/b28-9+. The lowest BCUT2D eigenvalue weighted by atomic mass is 9.89. The van der Waals surface area contributed by atoms with Gasteiger partial charge in [-0.3, -0.25) is 9.69 Å². The zero-order valence-electron chi connectivity index (χ0n) is 22.1. The molecular formula is C32H36N2O3. The number of carbonyl (C=O) groups excluding carboxylic acids is 2. The van der Waals surface area contributed by atoms with Gasteiger partial charge in [-0.15, -0.1) is 0 Å². The van der Waals surface area contributed by atoms with E-state index in [9.17, 15) is 9.59 Å². The molecule has 2 heterocycles. The number of allylic oxidation sites excluding steroid dienone is 1. The number of benzene rings is 2. The second-order valence-electron chi connectivity index (χ2n) is 10.3. The first-order valence-corrected chi connectivity index (χ1v) is 13.5. The fourth-order valence-electron chi connectivity index (χ4n) is 5.53. The molecule has 37 heavy (non-hydrogen) atoms. The van der Waals surface area contributed by atoms with E-state index in [1.165, 1.54) is 5.56 Å². The highest BCUT2D eigenvalue weighted by Crippen LogP contribution is 2.44. The Morgan fingerprint density at radius 3 is 2.38 bits per heavy atom. The first kappa shape index (κ1) is 25.1. The first-order chi connectivity index (χ1) is 18.0. The van der Waals surface area contributed by atoms with Crippen molar-refractivity contribution in [3.63, 3.8) is 0 Å². The van der Waals surface area contributed by atoms with Crippen molar-refractivity contribution < 1.29 is 14.3 Å². The number of hydrogen-bond donors (Lipinski definition) is 0. The number of carbonyl (C=O) groups is 2. The fourth-order valence-corrected chi connectivity index (χ4v) is 5.53.